The van der Waals surface area contributed by atoms with Gasteiger partial charge in [-0.25, -0.2) is 9.78 Å². The van der Waals surface area contributed by atoms with Gasteiger partial charge in [0.1, 0.15) is 18.0 Å². The number of benzene rings is 2. The van der Waals surface area contributed by atoms with Gasteiger partial charge in [-0.1, -0.05) is 17.4 Å². The van der Waals surface area contributed by atoms with E-state index in [0.717, 1.165) is 10.2 Å². The Kier molecular flexibility index (Phi) is 8.89. The van der Waals surface area contributed by atoms with Crippen LogP contribution in [0.25, 0.3) is 10.2 Å². The molecule has 10 heteroatoms. The van der Waals surface area contributed by atoms with Crippen molar-refractivity contribution in [3.05, 3.63) is 60.5 Å². The molecule has 0 radical (unpaired) electrons. The second kappa shape index (κ2) is 12.1. The van der Waals surface area contributed by atoms with Crippen LogP contribution in [0.15, 0.2) is 54.9 Å². The molecular weight excluding hydrogens is 466 g/mol. The lowest BCUT2D eigenvalue weighted by Gasteiger charge is -2.23. The maximum absolute atomic E-state index is 12.4. The first kappa shape index (κ1) is 25.8. The van der Waals surface area contributed by atoms with Gasteiger partial charge in [0.25, 0.3) is 0 Å². The number of nitrogens with one attached hydrogen (secondary N) is 3. The highest BCUT2D eigenvalue weighted by molar-refractivity contribution is 7.22. The van der Waals surface area contributed by atoms with Crippen molar-refractivity contribution in [2.24, 2.45) is 0 Å². The van der Waals surface area contributed by atoms with Crippen LogP contribution in [0.1, 0.15) is 26.3 Å². The number of aromatic nitrogens is 1. The number of ether oxygens (including phenoxy) is 3. The van der Waals surface area contributed by atoms with E-state index in [2.05, 4.69) is 33.6 Å². The highest BCUT2D eigenvalue weighted by atomic mass is 32.1. The van der Waals surface area contributed by atoms with Crippen molar-refractivity contribution >= 4 is 38.4 Å². The summed E-state index contributed by atoms with van der Waals surface area (Å²) < 4.78 is 17.7. The molecule has 3 rings (SSSR count). The number of hydrogen-bond acceptors (Lipinski definition) is 8. The molecule has 1 heterocycles. The smallest absolute Gasteiger partial charge is 0.325 e. The number of hydrogen-bond donors (Lipinski definition) is 3. The van der Waals surface area contributed by atoms with Gasteiger partial charge < -0.3 is 24.8 Å². The van der Waals surface area contributed by atoms with Crippen molar-refractivity contribution in [1.82, 2.24) is 10.3 Å². The maximum Gasteiger partial charge on any atom is 0.325 e. The zero-order valence-electron chi connectivity index (χ0n) is 20.0. The number of thiazole rings is 1. The molecule has 0 atom stereocenters. The number of carbonyl (C=O) groups excluding carboxylic acids is 1. The highest BCUT2D eigenvalue weighted by Gasteiger charge is 2.12. The number of urea groups is 1. The first-order valence-electron chi connectivity index (χ1n) is 11.0. The number of rotatable bonds is 11. The summed E-state index contributed by atoms with van der Waals surface area (Å²) >= 11 is 1.30. The largest absolute Gasteiger partial charge is 0.491 e. The van der Waals surface area contributed by atoms with E-state index >= 15 is 0 Å². The van der Waals surface area contributed by atoms with Gasteiger partial charge in [0.2, 0.25) is 0 Å². The number of nitrogens with zero attached hydrogens (tertiary/aromatic N) is 2. The van der Waals surface area contributed by atoms with Gasteiger partial charge in [-0.3, -0.25) is 5.32 Å². The van der Waals surface area contributed by atoms with E-state index in [1.807, 2.05) is 20.8 Å². The Morgan fingerprint density at radius 3 is 2.74 bits per heavy atom. The molecule has 0 aliphatic heterocycles. The second-order valence-corrected chi connectivity index (χ2v) is 9.48. The van der Waals surface area contributed by atoms with Crippen LogP contribution in [0.2, 0.25) is 0 Å². The van der Waals surface area contributed by atoms with Crippen molar-refractivity contribution in [1.29, 1.82) is 5.26 Å². The maximum atomic E-state index is 12.4. The van der Waals surface area contributed by atoms with Gasteiger partial charge in [-0.05, 0) is 57.7 Å². The quantitative estimate of drug-likeness (QED) is 0.251. The number of nitriles is 1. The van der Waals surface area contributed by atoms with Crippen molar-refractivity contribution in [2.45, 2.75) is 26.4 Å². The Morgan fingerprint density at radius 1 is 1.14 bits per heavy atom. The van der Waals surface area contributed by atoms with Gasteiger partial charge in [0.05, 0.1) is 35.1 Å². The molecule has 0 saturated carbocycles. The third kappa shape index (κ3) is 8.81. The van der Waals surface area contributed by atoms with Crippen LogP contribution in [0.4, 0.5) is 15.6 Å². The molecule has 3 N–H and O–H groups in total. The summed E-state index contributed by atoms with van der Waals surface area (Å²) in [7, 11) is 0. The van der Waals surface area contributed by atoms with Crippen molar-refractivity contribution in [2.75, 3.05) is 37.0 Å². The van der Waals surface area contributed by atoms with E-state index in [1.54, 1.807) is 42.5 Å². The number of anilines is 2. The van der Waals surface area contributed by atoms with E-state index in [-0.39, 0.29) is 5.60 Å². The lowest BCUT2D eigenvalue weighted by atomic mass is 10.2. The molecule has 2 amide bonds. The molecule has 184 valence electrons. The van der Waals surface area contributed by atoms with Gasteiger partial charge in [-0.2, -0.15) is 5.26 Å². The molecule has 0 unspecified atom stereocenters. The van der Waals surface area contributed by atoms with E-state index in [4.69, 9.17) is 19.5 Å². The van der Waals surface area contributed by atoms with Crippen LogP contribution in [-0.4, -0.2) is 43.0 Å². The fraction of sp³-hybridized carbons (Fsp3) is 0.320. The Bertz CT molecular complexity index is 1210. The minimum absolute atomic E-state index is 0.290. The average Bonchev–Trinajstić information content (AvgIpc) is 3.18. The molecule has 1 aromatic heterocycles. The molecule has 0 bridgehead atoms. The summed E-state index contributed by atoms with van der Waals surface area (Å²) in [5, 5.41) is 18.0. The van der Waals surface area contributed by atoms with Crippen LogP contribution in [-0.2, 0) is 9.47 Å². The van der Waals surface area contributed by atoms with E-state index in [9.17, 15) is 4.79 Å². The Balaban J connectivity index is 1.38. The zero-order chi connectivity index (χ0) is 25.3. The average molecular weight is 496 g/mol. The van der Waals surface area contributed by atoms with Crippen LogP contribution >= 0.6 is 11.3 Å². The predicted molar refractivity (Wildman–Crippen MR) is 138 cm³/mol. The summed E-state index contributed by atoms with van der Waals surface area (Å²) in [5.74, 6) is 1.13. The van der Waals surface area contributed by atoms with Crippen molar-refractivity contribution < 1.29 is 19.0 Å². The highest BCUT2D eigenvalue weighted by Crippen LogP contribution is 2.27. The standard InChI is InChI=1S/C25H29N5O4S/c1-17(34-25(2,3)4)27-10-11-32-12-13-33-20-7-5-6-19(15-20)28-23(31)30-24-29-21-9-8-18(16-26)14-22(21)35-24/h5-9,14-15,27H,1,10-13H2,2-4H3,(H2,28,29,30,31). The van der Waals surface area contributed by atoms with Crippen molar-refractivity contribution in [3.8, 4) is 11.8 Å². The Morgan fingerprint density at radius 2 is 1.97 bits per heavy atom. The SMILES string of the molecule is C=C(NCCOCCOc1cccc(NC(=O)Nc2nc3ccc(C#N)cc3s2)c1)OC(C)(C)C. The van der Waals surface area contributed by atoms with Crippen LogP contribution in [0.5, 0.6) is 5.75 Å². The summed E-state index contributed by atoms with van der Waals surface area (Å²) in [5.41, 5.74) is 1.56. The monoisotopic (exact) mass is 495 g/mol. The molecule has 0 spiro atoms. The molecule has 35 heavy (non-hydrogen) atoms. The molecule has 3 aromatic rings. The van der Waals surface area contributed by atoms with E-state index in [1.165, 1.54) is 11.3 Å². The summed E-state index contributed by atoms with van der Waals surface area (Å²) in [4.78, 5) is 16.8. The van der Waals surface area contributed by atoms with E-state index < -0.39 is 6.03 Å². The first-order valence-corrected chi connectivity index (χ1v) is 11.8. The molecular formula is C25H29N5O4S. The fourth-order valence-electron chi connectivity index (χ4n) is 2.96. The molecule has 2 aromatic carbocycles. The van der Waals surface area contributed by atoms with Gasteiger partial charge in [-0.15, -0.1) is 0 Å². The third-order valence-electron chi connectivity index (χ3n) is 4.32. The number of fused-ring (bicyclic) bond motifs is 1. The topological polar surface area (TPSA) is 118 Å². The molecule has 0 aliphatic carbocycles. The first-order chi connectivity index (χ1) is 16.7. The molecule has 0 saturated heterocycles. The summed E-state index contributed by atoms with van der Waals surface area (Å²) in [6, 6.07) is 14.0. The van der Waals surface area contributed by atoms with E-state index in [0.29, 0.717) is 54.4 Å². The predicted octanol–water partition coefficient (Wildman–Crippen LogP) is 5.08. The van der Waals surface area contributed by atoms with Gasteiger partial charge in [0, 0.05) is 18.3 Å². The number of carbonyl (C=O) groups is 1. The van der Waals surface area contributed by atoms with Crippen LogP contribution < -0.4 is 20.7 Å². The van der Waals surface area contributed by atoms with Gasteiger partial charge in [0.15, 0.2) is 11.0 Å². The summed E-state index contributed by atoms with van der Waals surface area (Å²) in [6.07, 6.45) is 0. The normalized spacial score (nSPS) is 10.9. The van der Waals surface area contributed by atoms with Crippen LogP contribution in [0.3, 0.4) is 0 Å². The van der Waals surface area contributed by atoms with Crippen LogP contribution in [0, 0.1) is 11.3 Å². The molecule has 0 fully saturated rings. The lowest BCUT2D eigenvalue weighted by molar-refractivity contribution is 0.0373. The van der Waals surface area contributed by atoms with Crippen molar-refractivity contribution in [3.63, 3.8) is 0 Å². The Hall–Kier alpha value is -3.81. The third-order valence-corrected chi connectivity index (χ3v) is 5.26. The number of amides is 2. The second-order valence-electron chi connectivity index (χ2n) is 8.45. The lowest BCUT2D eigenvalue weighted by Crippen LogP contribution is -2.27. The fourth-order valence-corrected chi connectivity index (χ4v) is 3.86. The van der Waals surface area contributed by atoms with Gasteiger partial charge >= 0.3 is 6.03 Å². The molecule has 0 aliphatic rings. The zero-order valence-corrected chi connectivity index (χ0v) is 20.8. The minimum atomic E-state index is -0.422. The summed E-state index contributed by atoms with van der Waals surface area (Å²) in [6.45, 7) is 11.5. The Labute approximate surface area is 208 Å². The molecule has 9 nitrogen and oxygen atoms in total. The minimum Gasteiger partial charge on any atom is -0.491 e.